The lowest BCUT2D eigenvalue weighted by Crippen LogP contribution is -2.14. The van der Waals surface area contributed by atoms with Crippen molar-refractivity contribution in [3.63, 3.8) is 0 Å². The smallest absolute Gasteiger partial charge is 0.234 e. The van der Waals surface area contributed by atoms with Crippen molar-refractivity contribution in [2.75, 3.05) is 11.1 Å². The first-order chi connectivity index (χ1) is 13.0. The van der Waals surface area contributed by atoms with Crippen LogP contribution in [0.5, 0.6) is 0 Å². The molecule has 0 saturated heterocycles. The highest BCUT2D eigenvalue weighted by molar-refractivity contribution is 9.10. The number of aromatic nitrogens is 4. The maximum atomic E-state index is 12.4. The van der Waals surface area contributed by atoms with E-state index in [4.69, 9.17) is 0 Å². The molecule has 0 atom stereocenters. The number of halogens is 1. The first kappa shape index (κ1) is 17.9. The van der Waals surface area contributed by atoms with Gasteiger partial charge in [-0.05, 0) is 49.7 Å². The van der Waals surface area contributed by atoms with Gasteiger partial charge in [-0.25, -0.2) is 9.97 Å². The third-order valence-corrected chi connectivity index (χ3v) is 5.85. The van der Waals surface area contributed by atoms with Crippen LogP contribution in [-0.2, 0) is 4.79 Å². The SMILES string of the molecule is Cc1nc2c3ccccc3nc(SCC(=O)Nc3ccc(Br)c(C)c3)n2n1. The Morgan fingerprint density at radius 2 is 2.00 bits per heavy atom. The highest BCUT2D eigenvalue weighted by atomic mass is 79.9. The average molecular weight is 442 g/mol. The molecular weight excluding hydrogens is 426 g/mol. The van der Waals surface area contributed by atoms with Gasteiger partial charge in [-0.15, -0.1) is 5.10 Å². The Hall–Kier alpha value is -2.45. The number of anilines is 1. The van der Waals surface area contributed by atoms with Crippen molar-refractivity contribution in [2.24, 2.45) is 0 Å². The summed E-state index contributed by atoms with van der Waals surface area (Å²) in [4.78, 5) is 21.5. The Labute approximate surface area is 168 Å². The summed E-state index contributed by atoms with van der Waals surface area (Å²) in [6.45, 7) is 3.83. The van der Waals surface area contributed by atoms with Gasteiger partial charge < -0.3 is 5.32 Å². The number of carbonyl (C=O) groups excluding carboxylic acids is 1. The van der Waals surface area contributed by atoms with Crippen LogP contribution in [0.4, 0.5) is 5.69 Å². The van der Waals surface area contributed by atoms with Gasteiger partial charge in [0.2, 0.25) is 5.91 Å². The zero-order valence-electron chi connectivity index (χ0n) is 14.7. The molecule has 0 spiro atoms. The van der Waals surface area contributed by atoms with Crippen LogP contribution in [0, 0.1) is 13.8 Å². The van der Waals surface area contributed by atoms with E-state index in [-0.39, 0.29) is 11.7 Å². The van der Waals surface area contributed by atoms with Crippen molar-refractivity contribution < 1.29 is 4.79 Å². The molecule has 1 amide bonds. The van der Waals surface area contributed by atoms with Crippen molar-refractivity contribution in [3.05, 3.63) is 58.3 Å². The van der Waals surface area contributed by atoms with E-state index in [1.165, 1.54) is 11.8 Å². The van der Waals surface area contributed by atoms with Crippen LogP contribution in [-0.4, -0.2) is 31.2 Å². The van der Waals surface area contributed by atoms with E-state index in [0.29, 0.717) is 11.0 Å². The van der Waals surface area contributed by atoms with E-state index in [0.717, 1.165) is 32.3 Å². The van der Waals surface area contributed by atoms with Crippen molar-refractivity contribution in [2.45, 2.75) is 19.0 Å². The van der Waals surface area contributed by atoms with Gasteiger partial charge in [0.05, 0.1) is 11.3 Å². The summed E-state index contributed by atoms with van der Waals surface area (Å²) < 4.78 is 2.72. The standard InChI is InChI=1S/C19H16BrN5OS/c1-11-9-13(7-8-15(11)20)22-17(26)10-27-19-23-16-6-4-3-5-14(16)18-21-12(2)24-25(18)19/h3-9H,10H2,1-2H3,(H,22,26). The van der Waals surface area contributed by atoms with Crippen molar-refractivity contribution in [1.29, 1.82) is 0 Å². The van der Waals surface area contributed by atoms with E-state index >= 15 is 0 Å². The molecule has 8 heteroatoms. The molecule has 0 radical (unpaired) electrons. The molecule has 2 aromatic carbocycles. The monoisotopic (exact) mass is 441 g/mol. The lowest BCUT2D eigenvalue weighted by Gasteiger charge is -2.08. The Morgan fingerprint density at radius 3 is 2.81 bits per heavy atom. The summed E-state index contributed by atoms with van der Waals surface area (Å²) in [6, 6.07) is 13.5. The van der Waals surface area contributed by atoms with Crippen LogP contribution < -0.4 is 5.32 Å². The molecular formula is C19H16BrN5OS. The maximum absolute atomic E-state index is 12.4. The fraction of sp³-hybridized carbons (Fsp3) is 0.158. The Morgan fingerprint density at radius 1 is 1.19 bits per heavy atom. The predicted octanol–water partition coefficient (Wildman–Crippen LogP) is 4.39. The van der Waals surface area contributed by atoms with Gasteiger partial charge in [0, 0.05) is 15.5 Å². The molecule has 6 nitrogen and oxygen atoms in total. The van der Waals surface area contributed by atoms with E-state index in [1.54, 1.807) is 4.52 Å². The molecule has 0 aliphatic heterocycles. The lowest BCUT2D eigenvalue weighted by molar-refractivity contribution is -0.113. The number of benzene rings is 2. The first-order valence-corrected chi connectivity index (χ1v) is 10.1. The lowest BCUT2D eigenvalue weighted by atomic mass is 10.2. The minimum absolute atomic E-state index is 0.0957. The second-order valence-electron chi connectivity index (χ2n) is 6.11. The zero-order valence-corrected chi connectivity index (χ0v) is 17.1. The Balaban J connectivity index is 1.57. The molecule has 0 saturated carbocycles. The topological polar surface area (TPSA) is 72.2 Å². The highest BCUT2D eigenvalue weighted by Gasteiger charge is 2.14. The third-order valence-electron chi connectivity index (χ3n) is 4.03. The molecule has 0 fully saturated rings. The number of amides is 1. The van der Waals surface area contributed by atoms with Gasteiger partial charge in [0.15, 0.2) is 10.8 Å². The van der Waals surface area contributed by atoms with Crippen molar-refractivity contribution in [3.8, 4) is 0 Å². The molecule has 4 rings (SSSR count). The molecule has 27 heavy (non-hydrogen) atoms. The van der Waals surface area contributed by atoms with Crippen molar-refractivity contribution in [1.82, 2.24) is 19.6 Å². The van der Waals surface area contributed by atoms with Gasteiger partial charge in [-0.3, -0.25) is 4.79 Å². The number of aryl methyl sites for hydroxylation is 2. The number of fused-ring (bicyclic) bond motifs is 3. The van der Waals surface area contributed by atoms with Gasteiger partial charge in [-0.2, -0.15) is 4.52 Å². The average Bonchev–Trinajstić information content (AvgIpc) is 3.05. The summed E-state index contributed by atoms with van der Waals surface area (Å²) >= 11 is 4.80. The molecule has 136 valence electrons. The molecule has 1 N–H and O–H groups in total. The van der Waals surface area contributed by atoms with E-state index < -0.39 is 0 Å². The van der Waals surface area contributed by atoms with Crippen LogP contribution in [0.2, 0.25) is 0 Å². The maximum Gasteiger partial charge on any atom is 0.234 e. The third kappa shape index (κ3) is 3.68. The summed E-state index contributed by atoms with van der Waals surface area (Å²) in [5.41, 5.74) is 3.43. The number of para-hydroxylation sites is 1. The van der Waals surface area contributed by atoms with Crippen LogP contribution in [0.15, 0.2) is 52.1 Å². The minimum Gasteiger partial charge on any atom is -0.325 e. The number of carbonyl (C=O) groups is 1. The van der Waals surface area contributed by atoms with E-state index in [9.17, 15) is 4.79 Å². The van der Waals surface area contributed by atoms with Gasteiger partial charge in [0.1, 0.15) is 5.82 Å². The number of hydrogen-bond acceptors (Lipinski definition) is 5. The van der Waals surface area contributed by atoms with Gasteiger partial charge in [-0.1, -0.05) is 39.8 Å². The second kappa shape index (κ2) is 7.28. The predicted molar refractivity (Wildman–Crippen MR) is 111 cm³/mol. The zero-order chi connectivity index (χ0) is 19.0. The number of hydrogen-bond donors (Lipinski definition) is 1. The van der Waals surface area contributed by atoms with Crippen molar-refractivity contribution >= 4 is 55.8 Å². The molecule has 2 heterocycles. The van der Waals surface area contributed by atoms with Crippen LogP contribution >= 0.6 is 27.7 Å². The van der Waals surface area contributed by atoms with Gasteiger partial charge >= 0.3 is 0 Å². The van der Waals surface area contributed by atoms with Crippen LogP contribution in [0.3, 0.4) is 0 Å². The first-order valence-electron chi connectivity index (χ1n) is 8.32. The summed E-state index contributed by atoms with van der Waals surface area (Å²) in [7, 11) is 0. The number of nitrogens with one attached hydrogen (secondary N) is 1. The van der Waals surface area contributed by atoms with E-state index in [2.05, 4.69) is 36.3 Å². The number of nitrogens with zero attached hydrogens (tertiary/aromatic N) is 4. The fourth-order valence-corrected chi connectivity index (χ4v) is 3.77. The molecule has 0 bridgehead atoms. The Bertz CT molecular complexity index is 1170. The summed E-state index contributed by atoms with van der Waals surface area (Å²) in [6.07, 6.45) is 0. The molecule has 0 aliphatic carbocycles. The number of rotatable bonds is 4. The normalized spacial score (nSPS) is 11.2. The number of thioether (sulfide) groups is 1. The molecule has 0 aliphatic rings. The van der Waals surface area contributed by atoms with E-state index in [1.807, 2.05) is 56.3 Å². The van der Waals surface area contributed by atoms with Crippen LogP contribution in [0.25, 0.3) is 16.6 Å². The summed E-state index contributed by atoms with van der Waals surface area (Å²) in [5.74, 6) is 0.806. The molecule has 2 aromatic heterocycles. The Kier molecular flexibility index (Phi) is 4.84. The summed E-state index contributed by atoms with van der Waals surface area (Å²) in [5, 5.41) is 8.94. The molecule has 0 unspecified atom stereocenters. The van der Waals surface area contributed by atoms with Crippen LogP contribution in [0.1, 0.15) is 11.4 Å². The fourth-order valence-electron chi connectivity index (χ4n) is 2.78. The van der Waals surface area contributed by atoms with Gasteiger partial charge in [0.25, 0.3) is 0 Å². The quantitative estimate of drug-likeness (QED) is 0.375. The second-order valence-corrected chi connectivity index (χ2v) is 7.90. The molecule has 4 aromatic rings. The largest absolute Gasteiger partial charge is 0.325 e. The highest BCUT2D eigenvalue weighted by Crippen LogP contribution is 2.24. The minimum atomic E-state index is -0.0957.